The van der Waals surface area contributed by atoms with Crippen molar-refractivity contribution in [2.75, 3.05) is 20.2 Å². The van der Waals surface area contributed by atoms with E-state index in [1.54, 1.807) is 7.11 Å². The summed E-state index contributed by atoms with van der Waals surface area (Å²) in [4.78, 5) is 17.5. The Balaban J connectivity index is 1.88. The van der Waals surface area contributed by atoms with Crippen molar-refractivity contribution in [3.63, 3.8) is 0 Å². The van der Waals surface area contributed by atoms with Crippen LogP contribution in [0.15, 0.2) is 12.1 Å². The summed E-state index contributed by atoms with van der Waals surface area (Å²) < 4.78 is 5.26. The molecule has 1 N–H and O–H groups in total. The lowest BCUT2D eigenvalue weighted by Gasteiger charge is -2.16. The van der Waals surface area contributed by atoms with E-state index >= 15 is 0 Å². The average molecular weight is 278 g/mol. The number of hydrogen-bond acceptors (Lipinski definition) is 4. The number of pyridine rings is 1. The molecule has 1 aliphatic rings. The maximum atomic E-state index is 10.6. The molecule has 1 fully saturated rings. The zero-order chi connectivity index (χ0) is 14.5. The number of methoxy groups -OCH3 is 1. The number of aliphatic carboxylic acids is 1. The third-order valence-electron chi connectivity index (χ3n) is 3.74. The van der Waals surface area contributed by atoms with Crippen LogP contribution in [0.2, 0.25) is 0 Å². The highest BCUT2D eigenvalue weighted by Crippen LogP contribution is 2.23. The van der Waals surface area contributed by atoms with E-state index in [1.165, 1.54) is 0 Å². The number of nitrogens with zero attached hydrogens (tertiary/aromatic N) is 2. The highest BCUT2D eigenvalue weighted by molar-refractivity contribution is 5.66. The van der Waals surface area contributed by atoms with Crippen molar-refractivity contribution >= 4 is 5.97 Å². The first-order chi connectivity index (χ1) is 9.56. The smallest absolute Gasteiger partial charge is 0.303 e. The summed E-state index contributed by atoms with van der Waals surface area (Å²) in [6, 6.07) is 3.89. The van der Waals surface area contributed by atoms with Gasteiger partial charge < -0.3 is 9.84 Å². The van der Waals surface area contributed by atoms with Crippen molar-refractivity contribution < 1.29 is 14.6 Å². The minimum absolute atomic E-state index is 0.273. The van der Waals surface area contributed by atoms with E-state index in [-0.39, 0.29) is 6.42 Å². The SMILES string of the molecule is COc1cc(C)nc(CN2CCC(CCC(=O)O)C2)c1. The maximum Gasteiger partial charge on any atom is 0.303 e. The van der Waals surface area contributed by atoms with E-state index in [4.69, 9.17) is 9.84 Å². The van der Waals surface area contributed by atoms with Gasteiger partial charge in [-0.2, -0.15) is 0 Å². The first-order valence-corrected chi connectivity index (χ1v) is 7.02. The van der Waals surface area contributed by atoms with Gasteiger partial charge in [0.15, 0.2) is 0 Å². The Morgan fingerprint density at radius 2 is 2.35 bits per heavy atom. The number of carbonyl (C=O) groups is 1. The number of aromatic nitrogens is 1. The third-order valence-corrected chi connectivity index (χ3v) is 3.74. The Labute approximate surface area is 119 Å². The number of aryl methyl sites for hydroxylation is 1. The molecule has 0 aromatic carbocycles. The van der Waals surface area contributed by atoms with Gasteiger partial charge in [-0.3, -0.25) is 14.7 Å². The van der Waals surface area contributed by atoms with E-state index in [1.807, 2.05) is 19.1 Å². The predicted octanol–water partition coefficient (Wildman–Crippen LogP) is 2.09. The van der Waals surface area contributed by atoms with Gasteiger partial charge in [0.25, 0.3) is 0 Å². The molecule has 0 aliphatic carbocycles. The van der Waals surface area contributed by atoms with Crippen LogP contribution in [-0.4, -0.2) is 41.2 Å². The van der Waals surface area contributed by atoms with Crippen molar-refractivity contribution in [3.8, 4) is 5.75 Å². The Bertz CT molecular complexity index is 476. The van der Waals surface area contributed by atoms with Gasteiger partial charge in [-0.15, -0.1) is 0 Å². The summed E-state index contributed by atoms with van der Waals surface area (Å²) in [5.74, 6) is 0.639. The molecule has 1 aromatic rings. The molecular formula is C15H22N2O3. The molecule has 5 nitrogen and oxygen atoms in total. The van der Waals surface area contributed by atoms with Crippen LogP contribution in [0.1, 0.15) is 30.7 Å². The van der Waals surface area contributed by atoms with Gasteiger partial charge in [0, 0.05) is 37.3 Å². The Morgan fingerprint density at radius 1 is 1.55 bits per heavy atom. The molecule has 0 amide bonds. The molecule has 1 aromatic heterocycles. The minimum Gasteiger partial charge on any atom is -0.497 e. The normalized spacial score (nSPS) is 19.2. The Kier molecular flexibility index (Phi) is 4.95. The fourth-order valence-electron chi connectivity index (χ4n) is 2.75. The molecule has 1 unspecified atom stereocenters. The second kappa shape index (κ2) is 6.70. The monoisotopic (exact) mass is 278 g/mol. The second-order valence-electron chi connectivity index (χ2n) is 5.46. The van der Waals surface area contributed by atoms with Crippen LogP contribution in [0, 0.1) is 12.8 Å². The van der Waals surface area contributed by atoms with Gasteiger partial charge >= 0.3 is 5.97 Å². The quantitative estimate of drug-likeness (QED) is 0.863. The fourth-order valence-corrected chi connectivity index (χ4v) is 2.75. The molecule has 0 spiro atoms. The number of carboxylic acid groups (broad SMARTS) is 1. The number of likely N-dealkylation sites (tertiary alicyclic amines) is 1. The Hall–Kier alpha value is -1.62. The molecule has 5 heteroatoms. The first kappa shape index (κ1) is 14.8. The molecule has 0 radical (unpaired) electrons. The second-order valence-corrected chi connectivity index (χ2v) is 5.46. The van der Waals surface area contributed by atoms with Crippen molar-refractivity contribution in [1.29, 1.82) is 0 Å². The van der Waals surface area contributed by atoms with Crippen LogP contribution in [0.3, 0.4) is 0 Å². The molecule has 0 bridgehead atoms. The molecule has 20 heavy (non-hydrogen) atoms. The van der Waals surface area contributed by atoms with Gasteiger partial charge in [-0.1, -0.05) is 0 Å². The first-order valence-electron chi connectivity index (χ1n) is 7.02. The van der Waals surface area contributed by atoms with Crippen molar-refractivity contribution in [1.82, 2.24) is 9.88 Å². The summed E-state index contributed by atoms with van der Waals surface area (Å²) in [5, 5.41) is 8.73. The highest BCUT2D eigenvalue weighted by atomic mass is 16.5. The topological polar surface area (TPSA) is 62.7 Å². The lowest BCUT2D eigenvalue weighted by Crippen LogP contribution is -2.21. The zero-order valence-electron chi connectivity index (χ0n) is 12.1. The van der Waals surface area contributed by atoms with E-state index < -0.39 is 5.97 Å². The Morgan fingerprint density at radius 3 is 3.05 bits per heavy atom. The van der Waals surface area contributed by atoms with Gasteiger partial charge in [0.1, 0.15) is 5.75 Å². The standard InChI is InChI=1S/C15H22N2O3/c1-11-7-14(20-2)8-13(16-11)10-17-6-5-12(9-17)3-4-15(18)19/h7-8,12H,3-6,9-10H2,1-2H3,(H,18,19). The van der Waals surface area contributed by atoms with Crippen LogP contribution in [0.5, 0.6) is 5.75 Å². The number of hydrogen-bond donors (Lipinski definition) is 1. The fraction of sp³-hybridized carbons (Fsp3) is 0.600. The lowest BCUT2D eigenvalue weighted by atomic mass is 10.0. The number of carboxylic acids is 1. The predicted molar refractivity (Wildman–Crippen MR) is 75.8 cm³/mol. The van der Waals surface area contributed by atoms with E-state index in [0.29, 0.717) is 5.92 Å². The van der Waals surface area contributed by atoms with Crippen LogP contribution >= 0.6 is 0 Å². The van der Waals surface area contributed by atoms with Gasteiger partial charge in [-0.25, -0.2) is 0 Å². The summed E-state index contributed by atoms with van der Waals surface area (Å²) in [6.45, 7) is 4.75. The summed E-state index contributed by atoms with van der Waals surface area (Å²) in [6.07, 6.45) is 2.13. The molecule has 0 saturated carbocycles. The maximum absolute atomic E-state index is 10.6. The van der Waals surface area contributed by atoms with Crippen LogP contribution in [0.4, 0.5) is 0 Å². The van der Waals surface area contributed by atoms with E-state index in [9.17, 15) is 4.79 Å². The molecule has 2 heterocycles. The molecular weight excluding hydrogens is 256 g/mol. The molecule has 1 saturated heterocycles. The number of rotatable bonds is 6. The van der Waals surface area contributed by atoms with Crippen molar-refractivity contribution in [3.05, 3.63) is 23.5 Å². The van der Waals surface area contributed by atoms with E-state index in [0.717, 1.165) is 49.6 Å². The molecule has 1 aliphatic heterocycles. The number of ether oxygens (including phenoxy) is 1. The molecule has 2 rings (SSSR count). The summed E-state index contributed by atoms with van der Waals surface area (Å²) in [7, 11) is 1.66. The molecule has 1 atom stereocenters. The third kappa shape index (κ3) is 4.20. The zero-order valence-corrected chi connectivity index (χ0v) is 12.1. The van der Waals surface area contributed by atoms with Gasteiger partial charge in [0.05, 0.1) is 12.8 Å². The summed E-state index contributed by atoms with van der Waals surface area (Å²) >= 11 is 0. The largest absolute Gasteiger partial charge is 0.497 e. The van der Waals surface area contributed by atoms with Gasteiger partial charge in [-0.05, 0) is 32.2 Å². The van der Waals surface area contributed by atoms with E-state index in [2.05, 4.69) is 9.88 Å². The van der Waals surface area contributed by atoms with Crippen LogP contribution < -0.4 is 4.74 Å². The van der Waals surface area contributed by atoms with Crippen molar-refractivity contribution in [2.45, 2.75) is 32.7 Å². The highest BCUT2D eigenvalue weighted by Gasteiger charge is 2.23. The van der Waals surface area contributed by atoms with Crippen molar-refractivity contribution in [2.24, 2.45) is 5.92 Å². The molecule has 110 valence electrons. The lowest BCUT2D eigenvalue weighted by molar-refractivity contribution is -0.137. The summed E-state index contributed by atoms with van der Waals surface area (Å²) in [5.41, 5.74) is 1.97. The average Bonchev–Trinajstić information content (AvgIpc) is 2.83. The van der Waals surface area contributed by atoms with Crippen LogP contribution in [-0.2, 0) is 11.3 Å². The van der Waals surface area contributed by atoms with Crippen LogP contribution in [0.25, 0.3) is 0 Å². The minimum atomic E-state index is -0.700. The van der Waals surface area contributed by atoms with Gasteiger partial charge in [0.2, 0.25) is 0 Å².